The zero-order chi connectivity index (χ0) is 26.0. The molecule has 8 nitrogen and oxygen atoms in total. The standard InChI is InChI=1S/C25H27F3N4O4S/c1-15-8-17(32-37(33)6-2-3-7-37)10-19-24(15)25(30-14-29-19)31-18-5-4-16(26)9-20(18)36-22-12-34-11-21(22)35-13-23(27)28/h4-5,8-10,14,21-23H,2-3,6-7,11-13H2,1H3,(H,29,30,31)/t21-,22+/m1/s1. The molecular weight excluding hydrogens is 509 g/mol. The fourth-order valence-corrected chi connectivity index (χ4v) is 6.71. The third-order valence-corrected chi connectivity index (χ3v) is 8.66. The normalized spacial score (nSPS) is 21.0. The van der Waals surface area contributed by atoms with Crippen molar-refractivity contribution in [3.63, 3.8) is 0 Å². The second kappa shape index (κ2) is 10.8. The molecule has 0 amide bonds. The van der Waals surface area contributed by atoms with Gasteiger partial charge in [0.15, 0.2) is 6.10 Å². The van der Waals surface area contributed by atoms with E-state index in [1.807, 2.05) is 13.0 Å². The topological polar surface area (TPSA) is 94.9 Å². The summed E-state index contributed by atoms with van der Waals surface area (Å²) in [6.07, 6.45) is -0.786. The fourth-order valence-electron chi connectivity index (χ4n) is 4.53. The zero-order valence-corrected chi connectivity index (χ0v) is 21.0. The highest BCUT2D eigenvalue weighted by Crippen LogP contribution is 2.35. The number of halogens is 3. The van der Waals surface area contributed by atoms with E-state index >= 15 is 0 Å². The molecule has 3 heterocycles. The second-order valence-electron chi connectivity index (χ2n) is 9.08. The van der Waals surface area contributed by atoms with E-state index in [0.717, 1.165) is 23.8 Å². The van der Waals surface area contributed by atoms with Gasteiger partial charge in [-0.1, -0.05) is 0 Å². The maximum atomic E-state index is 14.1. The van der Waals surface area contributed by atoms with Crippen LogP contribution in [-0.2, 0) is 19.2 Å². The Morgan fingerprint density at radius 3 is 2.73 bits per heavy atom. The molecular formula is C25H27F3N4O4S. The van der Waals surface area contributed by atoms with Crippen molar-refractivity contribution >= 4 is 37.8 Å². The molecule has 2 aliphatic rings. The maximum Gasteiger partial charge on any atom is 0.261 e. The summed E-state index contributed by atoms with van der Waals surface area (Å²) in [6.45, 7) is 1.37. The van der Waals surface area contributed by atoms with Gasteiger partial charge >= 0.3 is 0 Å². The van der Waals surface area contributed by atoms with E-state index in [4.69, 9.17) is 14.2 Å². The molecule has 2 fully saturated rings. The average molecular weight is 537 g/mol. The van der Waals surface area contributed by atoms with E-state index in [1.165, 1.54) is 24.5 Å². The lowest BCUT2D eigenvalue weighted by molar-refractivity contribution is -0.0509. The summed E-state index contributed by atoms with van der Waals surface area (Å²) in [7, 11) is -2.23. The van der Waals surface area contributed by atoms with Gasteiger partial charge in [-0.15, -0.1) is 0 Å². The van der Waals surface area contributed by atoms with Crippen LogP contribution < -0.4 is 10.1 Å². The number of fused-ring (bicyclic) bond motifs is 1. The first-order chi connectivity index (χ1) is 17.8. The van der Waals surface area contributed by atoms with Gasteiger partial charge in [0.1, 0.15) is 36.4 Å². The number of rotatable bonds is 8. The minimum Gasteiger partial charge on any atom is -0.483 e. The first kappa shape index (κ1) is 25.7. The molecule has 0 saturated carbocycles. The number of benzene rings is 2. The Labute approximate surface area is 212 Å². The average Bonchev–Trinajstić information content (AvgIpc) is 3.48. The van der Waals surface area contributed by atoms with E-state index in [1.54, 1.807) is 6.07 Å². The molecule has 2 aromatic carbocycles. The number of hydrogen-bond donors (Lipinski definition) is 1. The van der Waals surface area contributed by atoms with Gasteiger partial charge in [-0.3, -0.25) is 0 Å². The SMILES string of the molecule is Cc1cc(N=S2(=O)CCCC2)cc2ncnc(Nc3ccc(F)cc3O[C@H]3COC[C@H]3OCC(F)F)c12. The van der Waals surface area contributed by atoms with E-state index in [9.17, 15) is 17.4 Å². The highest BCUT2D eigenvalue weighted by Gasteiger charge is 2.32. The molecule has 2 saturated heterocycles. The summed E-state index contributed by atoms with van der Waals surface area (Å²) in [5, 5.41) is 3.91. The smallest absolute Gasteiger partial charge is 0.261 e. The van der Waals surface area contributed by atoms with Crippen LogP contribution in [0, 0.1) is 12.7 Å². The van der Waals surface area contributed by atoms with E-state index in [2.05, 4.69) is 19.6 Å². The van der Waals surface area contributed by atoms with Crippen LogP contribution >= 0.6 is 0 Å². The maximum absolute atomic E-state index is 14.1. The highest BCUT2D eigenvalue weighted by molar-refractivity contribution is 7.93. The van der Waals surface area contributed by atoms with Crippen molar-refractivity contribution in [1.82, 2.24) is 9.97 Å². The molecule has 1 aromatic heterocycles. The minimum absolute atomic E-state index is 0.102. The fraction of sp³-hybridized carbons (Fsp3) is 0.440. The molecule has 0 spiro atoms. The van der Waals surface area contributed by atoms with Crippen molar-refractivity contribution in [2.24, 2.45) is 4.36 Å². The lowest BCUT2D eigenvalue weighted by atomic mass is 10.1. The Balaban J connectivity index is 1.44. The van der Waals surface area contributed by atoms with Crippen molar-refractivity contribution in [3.8, 4) is 5.75 Å². The molecule has 0 bridgehead atoms. The molecule has 0 aliphatic carbocycles. The lowest BCUT2D eigenvalue weighted by Gasteiger charge is -2.22. The van der Waals surface area contributed by atoms with Crippen molar-refractivity contribution < 1.29 is 31.6 Å². The van der Waals surface area contributed by atoms with Gasteiger partial charge in [0, 0.05) is 23.0 Å². The Kier molecular flexibility index (Phi) is 7.50. The number of nitrogens with one attached hydrogen (secondary N) is 1. The quantitative estimate of drug-likeness (QED) is 0.426. The summed E-state index contributed by atoms with van der Waals surface area (Å²) >= 11 is 0. The molecule has 1 N–H and O–H groups in total. The molecule has 37 heavy (non-hydrogen) atoms. The number of nitrogens with zero attached hydrogens (tertiary/aromatic N) is 3. The number of ether oxygens (including phenoxy) is 3. The number of aromatic nitrogens is 2. The minimum atomic E-state index is -2.62. The van der Waals surface area contributed by atoms with Crippen LogP contribution in [0.3, 0.4) is 0 Å². The van der Waals surface area contributed by atoms with Gasteiger partial charge in [-0.25, -0.2) is 27.3 Å². The highest BCUT2D eigenvalue weighted by atomic mass is 32.2. The Bertz CT molecular complexity index is 1400. The van der Waals surface area contributed by atoms with Gasteiger partial charge in [0.05, 0.1) is 39.8 Å². The molecule has 0 radical (unpaired) electrons. The van der Waals surface area contributed by atoms with Crippen LogP contribution in [-0.4, -0.2) is 64.1 Å². The van der Waals surface area contributed by atoms with Crippen LogP contribution in [0.2, 0.25) is 0 Å². The summed E-state index contributed by atoms with van der Waals surface area (Å²) in [6, 6.07) is 7.62. The molecule has 2 atom stereocenters. The third-order valence-electron chi connectivity index (χ3n) is 6.26. The van der Waals surface area contributed by atoms with E-state index in [-0.39, 0.29) is 19.0 Å². The first-order valence-electron chi connectivity index (χ1n) is 12.0. The van der Waals surface area contributed by atoms with Crippen molar-refractivity contribution in [3.05, 3.63) is 48.0 Å². The lowest BCUT2D eigenvalue weighted by Crippen LogP contribution is -2.34. The van der Waals surface area contributed by atoms with Crippen molar-refractivity contribution in [2.45, 2.75) is 38.4 Å². The molecule has 3 aromatic rings. The molecule has 12 heteroatoms. The largest absolute Gasteiger partial charge is 0.483 e. The monoisotopic (exact) mass is 536 g/mol. The summed E-state index contributed by atoms with van der Waals surface area (Å²) in [5.41, 5.74) is 2.48. The predicted molar refractivity (Wildman–Crippen MR) is 134 cm³/mol. The first-order valence-corrected chi connectivity index (χ1v) is 13.8. The second-order valence-corrected chi connectivity index (χ2v) is 11.6. The van der Waals surface area contributed by atoms with Crippen LogP contribution in [0.4, 0.5) is 30.4 Å². The zero-order valence-electron chi connectivity index (χ0n) is 20.2. The summed E-state index contributed by atoms with van der Waals surface area (Å²) in [4.78, 5) is 8.75. The van der Waals surface area contributed by atoms with Gasteiger partial charge < -0.3 is 19.5 Å². The predicted octanol–water partition coefficient (Wildman–Crippen LogP) is 5.14. The van der Waals surface area contributed by atoms with Crippen LogP contribution in [0.15, 0.2) is 41.0 Å². The van der Waals surface area contributed by atoms with Gasteiger partial charge in [-0.05, 0) is 49.6 Å². The number of hydrogen-bond acceptors (Lipinski definition) is 8. The number of anilines is 2. The van der Waals surface area contributed by atoms with Gasteiger partial charge in [0.2, 0.25) is 0 Å². The van der Waals surface area contributed by atoms with E-state index < -0.39 is 40.8 Å². The van der Waals surface area contributed by atoms with Crippen molar-refractivity contribution in [2.75, 3.05) is 36.6 Å². The summed E-state index contributed by atoms with van der Waals surface area (Å²) < 4.78 is 73.3. The van der Waals surface area contributed by atoms with Gasteiger partial charge in [-0.2, -0.15) is 4.36 Å². The van der Waals surface area contributed by atoms with Crippen molar-refractivity contribution in [1.29, 1.82) is 0 Å². The molecule has 2 aliphatic heterocycles. The molecule has 198 valence electrons. The van der Waals surface area contributed by atoms with E-state index in [0.29, 0.717) is 34.2 Å². The van der Waals surface area contributed by atoms with Crippen LogP contribution in [0.25, 0.3) is 10.9 Å². The third kappa shape index (κ3) is 5.97. The van der Waals surface area contributed by atoms with Crippen LogP contribution in [0.5, 0.6) is 5.75 Å². The molecule has 5 rings (SSSR count). The Morgan fingerprint density at radius 1 is 1.16 bits per heavy atom. The molecule has 0 unspecified atom stereocenters. The number of alkyl halides is 2. The van der Waals surface area contributed by atoms with Gasteiger partial charge in [0.25, 0.3) is 6.43 Å². The summed E-state index contributed by atoms with van der Waals surface area (Å²) in [5.74, 6) is 1.31. The Hall–Kier alpha value is -2.96. The number of aryl methyl sites for hydroxylation is 1. The Morgan fingerprint density at radius 2 is 1.95 bits per heavy atom. The van der Waals surface area contributed by atoms with Crippen LogP contribution in [0.1, 0.15) is 18.4 Å².